The van der Waals surface area contributed by atoms with Crippen LogP contribution in [-0.4, -0.2) is 34.7 Å². The number of amides is 1. The van der Waals surface area contributed by atoms with Gasteiger partial charge in [0, 0.05) is 28.3 Å². The molecule has 2 unspecified atom stereocenters. The van der Waals surface area contributed by atoms with Crippen LogP contribution in [0, 0.1) is 6.92 Å². The molecule has 0 spiro atoms. The molecule has 1 amide bonds. The third kappa shape index (κ3) is 3.88. The van der Waals surface area contributed by atoms with Gasteiger partial charge in [0.05, 0.1) is 0 Å². The minimum absolute atomic E-state index is 0.147. The van der Waals surface area contributed by atoms with Crippen LogP contribution in [0.5, 0.6) is 0 Å². The number of nitrogens with one attached hydrogen (secondary N) is 1. The molecule has 2 aliphatic heterocycles. The van der Waals surface area contributed by atoms with E-state index < -0.39 is 5.60 Å². The molecule has 2 heterocycles. The first kappa shape index (κ1) is 17.6. The van der Waals surface area contributed by atoms with Gasteiger partial charge < -0.3 is 15.0 Å². The van der Waals surface area contributed by atoms with E-state index in [9.17, 15) is 4.79 Å². The van der Waals surface area contributed by atoms with Crippen molar-refractivity contribution in [1.82, 2.24) is 4.90 Å². The molecule has 2 fully saturated rings. The summed E-state index contributed by atoms with van der Waals surface area (Å²) in [5.41, 5.74) is 1.95. The Morgan fingerprint density at radius 3 is 2.42 bits per heavy atom. The smallest absolute Gasteiger partial charge is 0.410 e. The van der Waals surface area contributed by atoms with E-state index >= 15 is 0 Å². The van der Waals surface area contributed by atoms with Crippen molar-refractivity contribution in [2.75, 3.05) is 5.32 Å². The predicted octanol–water partition coefficient (Wildman–Crippen LogP) is 5.10. The van der Waals surface area contributed by atoms with Gasteiger partial charge >= 0.3 is 6.09 Å². The van der Waals surface area contributed by atoms with Crippen molar-refractivity contribution in [2.24, 2.45) is 0 Å². The van der Waals surface area contributed by atoms with Crippen LogP contribution >= 0.6 is 15.9 Å². The average molecular weight is 395 g/mol. The normalized spacial score (nSPS) is 26.4. The number of anilines is 1. The van der Waals surface area contributed by atoms with E-state index in [-0.39, 0.29) is 6.09 Å². The van der Waals surface area contributed by atoms with E-state index in [1.165, 1.54) is 5.56 Å². The van der Waals surface area contributed by atoms with Gasteiger partial charge in [0.25, 0.3) is 0 Å². The summed E-state index contributed by atoms with van der Waals surface area (Å²) >= 11 is 3.59. The largest absolute Gasteiger partial charge is 0.444 e. The van der Waals surface area contributed by atoms with Crippen LogP contribution in [-0.2, 0) is 4.74 Å². The molecule has 1 aromatic carbocycles. The van der Waals surface area contributed by atoms with E-state index in [0.29, 0.717) is 18.1 Å². The zero-order valence-electron chi connectivity index (χ0n) is 14.9. The van der Waals surface area contributed by atoms with Gasteiger partial charge in [-0.3, -0.25) is 0 Å². The molecule has 1 aromatic rings. The predicted molar refractivity (Wildman–Crippen MR) is 100 cm³/mol. The number of carbonyl (C=O) groups excluding carboxylic acids is 1. The first-order valence-corrected chi connectivity index (χ1v) is 9.56. The molecule has 2 atom stereocenters. The molecule has 2 bridgehead atoms. The third-order valence-electron chi connectivity index (χ3n) is 4.88. The highest BCUT2D eigenvalue weighted by Crippen LogP contribution is 2.38. The Morgan fingerprint density at radius 1 is 1.25 bits per heavy atom. The van der Waals surface area contributed by atoms with Gasteiger partial charge in [0.15, 0.2) is 0 Å². The molecule has 2 aliphatic rings. The highest BCUT2D eigenvalue weighted by molar-refractivity contribution is 9.10. The fourth-order valence-corrected chi connectivity index (χ4v) is 4.20. The summed E-state index contributed by atoms with van der Waals surface area (Å²) in [6.45, 7) is 7.87. The molecule has 5 heteroatoms. The second kappa shape index (κ2) is 6.58. The molecule has 0 radical (unpaired) electrons. The molecule has 0 saturated carbocycles. The number of hydrogen-bond donors (Lipinski definition) is 1. The van der Waals surface area contributed by atoms with Crippen molar-refractivity contribution in [3.8, 4) is 0 Å². The van der Waals surface area contributed by atoms with Crippen LogP contribution < -0.4 is 5.32 Å². The number of hydrogen-bond acceptors (Lipinski definition) is 3. The van der Waals surface area contributed by atoms with E-state index in [0.717, 1.165) is 35.8 Å². The maximum atomic E-state index is 12.5. The average Bonchev–Trinajstić information content (AvgIpc) is 2.73. The minimum Gasteiger partial charge on any atom is -0.444 e. The van der Waals surface area contributed by atoms with Crippen molar-refractivity contribution in [3.63, 3.8) is 0 Å². The molecule has 0 aliphatic carbocycles. The van der Waals surface area contributed by atoms with Crippen molar-refractivity contribution >= 4 is 27.7 Å². The van der Waals surface area contributed by atoms with Gasteiger partial charge in [-0.1, -0.05) is 22.0 Å². The van der Waals surface area contributed by atoms with Crippen LogP contribution in [0.2, 0.25) is 0 Å². The Morgan fingerprint density at radius 2 is 1.88 bits per heavy atom. The first-order chi connectivity index (χ1) is 11.2. The van der Waals surface area contributed by atoms with E-state index in [4.69, 9.17) is 4.74 Å². The second-order valence-corrected chi connectivity index (χ2v) is 8.90. The summed E-state index contributed by atoms with van der Waals surface area (Å²) in [5, 5.41) is 3.65. The van der Waals surface area contributed by atoms with Crippen LogP contribution in [0.4, 0.5) is 10.5 Å². The topological polar surface area (TPSA) is 41.6 Å². The van der Waals surface area contributed by atoms with Gasteiger partial charge in [-0.15, -0.1) is 0 Å². The van der Waals surface area contributed by atoms with Crippen LogP contribution in [0.3, 0.4) is 0 Å². The Kier molecular flexibility index (Phi) is 4.82. The number of benzene rings is 1. The Balaban J connectivity index is 1.64. The van der Waals surface area contributed by atoms with Crippen molar-refractivity contribution < 1.29 is 9.53 Å². The minimum atomic E-state index is -0.431. The molecular formula is C19H27BrN2O2. The van der Waals surface area contributed by atoms with Crippen molar-refractivity contribution in [2.45, 2.75) is 77.1 Å². The third-order valence-corrected chi connectivity index (χ3v) is 5.73. The fraction of sp³-hybridized carbons (Fsp3) is 0.632. The number of ether oxygens (including phenoxy) is 1. The molecule has 3 rings (SSSR count). The SMILES string of the molecule is Cc1ccc(NC2CC3CCC(C2)N3C(=O)OC(C)(C)C)cc1Br. The van der Waals surface area contributed by atoms with Gasteiger partial charge in [-0.25, -0.2) is 4.79 Å². The number of piperidine rings is 1. The van der Waals surface area contributed by atoms with Gasteiger partial charge in [0.1, 0.15) is 5.60 Å². The molecule has 0 aromatic heterocycles. The maximum Gasteiger partial charge on any atom is 0.410 e. The molecule has 24 heavy (non-hydrogen) atoms. The van der Waals surface area contributed by atoms with Crippen LogP contribution in [0.15, 0.2) is 22.7 Å². The van der Waals surface area contributed by atoms with E-state index in [1.807, 2.05) is 25.7 Å². The Bertz CT molecular complexity index is 612. The Hall–Kier alpha value is -1.23. The van der Waals surface area contributed by atoms with Gasteiger partial charge in [-0.2, -0.15) is 0 Å². The molecular weight excluding hydrogens is 368 g/mol. The van der Waals surface area contributed by atoms with Gasteiger partial charge in [-0.05, 0) is 71.1 Å². The van der Waals surface area contributed by atoms with E-state index in [1.54, 1.807) is 0 Å². The molecule has 132 valence electrons. The Labute approximate surface area is 153 Å². The summed E-state index contributed by atoms with van der Waals surface area (Å²) in [6, 6.07) is 7.39. The number of rotatable bonds is 2. The lowest BCUT2D eigenvalue weighted by atomic mass is 9.97. The number of fused-ring (bicyclic) bond motifs is 2. The quantitative estimate of drug-likeness (QED) is 0.758. The van der Waals surface area contributed by atoms with Gasteiger partial charge in [0.2, 0.25) is 0 Å². The lowest BCUT2D eigenvalue weighted by Gasteiger charge is -2.40. The second-order valence-electron chi connectivity index (χ2n) is 8.05. The summed E-state index contributed by atoms with van der Waals surface area (Å²) < 4.78 is 6.73. The number of halogens is 1. The highest BCUT2D eigenvalue weighted by atomic mass is 79.9. The van der Waals surface area contributed by atoms with E-state index in [2.05, 4.69) is 46.4 Å². The standard InChI is InChI=1S/C19H27BrN2O2/c1-12-5-6-13(11-17(12)20)21-14-9-15-7-8-16(10-14)22(15)18(23)24-19(2,3)4/h5-6,11,14-16,21H,7-10H2,1-4H3. The number of nitrogens with zero attached hydrogens (tertiary/aromatic N) is 1. The summed E-state index contributed by atoms with van der Waals surface area (Å²) in [4.78, 5) is 14.5. The zero-order chi connectivity index (χ0) is 17.5. The maximum absolute atomic E-state index is 12.5. The lowest BCUT2D eigenvalue weighted by Crippen LogP contribution is -2.51. The number of carbonyl (C=O) groups is 1. The summed E-state index contributed by atoms with van der Waals surface area (Å²) in [6.07, 6.45) is 3.99. The molecule has 1 N–H and O–H groups in total. The van der Waals surface area contributed by atoms with Crippen molar-refractivity contribution in [1.29, 1.82) is 0 Å². The summed E-state index contributed by atoms with van der Waals surface area (Å²) in [7, 11) is 0. The summed E-state index contributed by atoms with van der Waals surface area (Å²) in [5.74, 6) is 0. The van der Waals surface area contributed by atoms with Crippen LogP contribution in [0.1, 0.15) is 52.0 Å². The van der Waals surface area contributed by atoms with Crippen molar-refractivity contribution in [3.05, 3.63) is 28.2 Å². The molecule has 2 saturated heterocycles. The number of aryl methyl sites for hydroxylation is 1. The lowest BCUT2D eigenvalue weighted by molar-refractivity contribution is 0.00684. The fourth-order valence-electron chi connectivity index (χ4n) is 3.83. The first-order valence-electron chi connectivity index (χ1n) is 8.77. The highest BCUT2D eigenvalue weighted by Gasteiger charge is 2.44. The zero-order valence-corrected chi connectivity index (χ0v) is 16.5. The molecule has 4 nitrogen and oxygen atoms in total. The monoisotopic (exact) mass is 394 g/mol. The van der Waals surface area contributed by atoms with Crippen LogP contribution in [0.25, 0.3) is 0 Å².